The monoisotopic (exact) mass is 309 g/mol. The Bertz CT molecular complexity index is 468. The molecule has 6 heteroatoms. The highest BCUT2D eigenvalue weighted by atomic mass is 19.4. The van der Waals surface area contributed by atoms with Gasteiger partial charge in [-0.1, -0.05) is 32.9 Å². The topological polar surface area (TPSA) is 26.0 Å². The van der Waals surface area contributed by atoms with Gasteiger partial charge in [0.15, 0.2) is 0 Å². The van der Waals surface area contributed by atoms with Crippen molar-refractivity contribution < 1.29 is 22.0 Å². The van der Waals surface area contributed by atoms with Gasteiger partial charge < -0.3 is 5.73 Å². The first-order chi connectivity index (χ1) is 9.60. The predicted molar refractivity (Wildman–Crippen MR) is 72.5 cm³/mol. The van der Waals surface area contributed by atoms with Gasteiger partial charge in [0.05, 0.1) is 0 Å². The number of alkyl halides is 5. The third-order valence-electron chi connectivity index (χ3n) is 3.66. The highest BCUT2D eigenvalue weighted by molar-refractivity contribution is 5.42. The molecule has 0 saturated carbocycles. The summed E-state index contributed by atoms with van der Waals surface area (Å²) in [5.41, 5.74) is 7.10. The Labute approximate surface area is 121 Å². The molecule has 0 spiro atoms. The highest BCUT2D eigenvalue weighted by Crippen LogP contribution is 2.45. The average Bonchev–Trinajstić information content (AvgIpc) is 2.43. The lowest BCUT2D eigenvalue weighted by Crippen LogP contribution is -2.46. The first kappa shape index (κ1) is 17.9. The van der Waals surface area contributed by atoms with E-state index in [0.717, 1.165) is 5.56 Å². The van der Waals surface area contributed by atoms with Crippen LogP contribution in [-0.2, 0) is 19.3 Å². The highest BCUT2D eigenvalue weighted by Gasteiger charge is 2.62. The summed E-state index contributed by atoms with van der Waals surface area (Å²) in [6.45, 7) is 5.34. The molecule has 1 aromatic rings. The molecule has 21 heavy (non-hydrogen) atoms. The Morgan fingerprint density at radius 1 is 0.905 bits per heavy atom. The van der Waals surface area contributed by atoms with Crippen LogP contribution in [-0.4, -0.2) is 12.1 Å². The van der Waals surface area contributed by atoms with E-state index in [4.69, 9.17) is 5.73 Å². The van der Waals surface area contributed by atoms with Crippen molar-refractivity contribution >= 4 is 0 Å². The zero-order chi connectivity index (χ0) is 16.4. The zero-order valence-electron chi connectivity index (χ0n) is 12.3. The summed E-state index contributed by atoms with van der Waals surface area (Å²) >= 11 is 0. The number of nitrogens with two attached hydrogens (primary N) is 1. The summed E-state index contributed by atoms with van der Waals surface area (Å²) < 4.78 is 64.8. The van der Waals surface area contributed by atoms with Crippen molar-refractivity contribution in [1.29, 1.82) is 0 Å². The SMILES string of the molecule is CCc1cc(CC)c(C(N)C(F)(F)C(F)(F)F)c(CC)c1. The van der Waals surface area contributed by atoms with Gasteiger partial charge in [-0.15, -0.1) is 0 Å². The average molecular weight is 309 g/mol. The summed E-state index contributed by atoms with van der Waals surface area (Å²) in [7, 11) is 0. The first-order valence-electron chi connectivity index (χ1n) is 6.94. The number of halogens is 5. The van der Waals surface area contributed by atoms with Crippen LogP contribution in [0.2, 0.25) is 0 Å². The molecule has 0 aliphatic heterocycles. The van der Waals surface area contributed by atoms with Crippen molar-refractivity contribution in [2.24, 2.45) is 5.73 Å². The van der Waals surface area contributed by atoms with Crippen LogP contribution in [0.3, 0.4) is 0 Å². The summed E-state index contributed by atoms with van der Waals surface area (Å²) in [6.07, 6.45) is -4.26. The summed E-state index contributed by atoms with van der Waals surface area (Å²) in [4.78, 5) is 0. The Kier molecular flexibility index (Phi) is 5.36. The van der Waals surface area contributed by atoms with E-state index in [1.807, 2.05) is 6.92 Å². The molecule has 1 rings (SSSR count). The third-order valence-corrected chi connectivity index (χ3v) is 3.66. The molecule has 0 fully saturated rings. The molecular weight excluding hydrogens is 289 g/mol. The maximum atomic E-state index is 13.6. The molecule has 120 valence electrons. The second-order valence-electron chi connectivity index (χ2n) is 4.99. The summed E-state index contributed by atoms with van der Waals surface area (Å²) in [5.74, 6) is -4.95. The summed E-state index contributed by atoms with van der Waals surface area (Å²) in [5, 5.41) is 0. The van der Waals surface area contributed by atoms with E-state index in [9.17, 15) is 22.0 Å². The second kappa shape index (κ2) is 6.30. The molecule has 0 amide bonds. The van der Waals surface area contributed by atoms with E-state index in [0.29, 0.717) is 30.4 Å². The molecule has 1 unspecified atom stereocenters. The van der Waals surface area contributed by atoms with Crippen LogP contribution in [0.4, 0.5) is 22.0 Å². The Balaban J connectivity index is 3.47. The number of rotatable bonds is 5. The lowest BCUT2D eigenvalue weighted by Gasteiger charge is -2.29. The van der Waals surface area contributed by atoms with Crippen LogP contribution in [0.25, 0.3) is 0 Å². The van der Waals surface area contributed by atoms with Crippen LogP contribution >= 0.6 is 0 Å². The summed E-state index contributed by atoms with van der Waals surface area (Å²) in [6, 6.07) is 0.954. The van der Waals surface area contributed by atoms with Crippen molar-refractivity contribution in [3.8, 4) is 0 Å². The van der Waals surface area contributed by atoms with Gasteiger partial charge in [0, 0.05) is 0 Å². The maximum Gasteiger partial charge on any atom is 0.455 e. The number of benzene rings is 1. The number of hydrogen-bond donors (Lipinski definition) is 1. The minimum absolute atomic E-state index is 0.0699. The van der Waals surface area contributed by atoms with Crippen molar-refractivity contribution in [2.45, 2.75) is 58.2 Å². The molecule has 0 bridgehead atoms. The Hall–Kier alpha value is -1.17. The standard InChI is InChI=1S/C15H20F5N/c1-4-9-7-10(5-2)12(11(6-3)8-9)13(21)14(16,17)15(18,19)20/h7-8,13H,4-6,21H2,1-3H3. The number of hydrogen-bond acceptors (Lipinski definition) is 1. The van der Waals surface area contributed by atoms with Crippen LogP contribution in [0.5, 0.6) is 0 Å². The lowest BCUT2D eigenvalue weighted by atomic mass is 9.87. The van der Waals surface area contributed by atoms with Crippen LogP contribution in [0, 0.1) is 0 Å². The van der Waals surface area contributed by atoms with Gasteiger partial charge in [-0.3, -0.25) is 0 Å². The smallest absolute Gasteiger partial charge is 0.319 e. The van der Waals surface area contributed by atoms with E-state index in [1.54, 1.807) is 26.0 Å². The van der Waals surface area contributed by atoms with Crippen LogP contribution in [0.1, 0.15) is 49.1 Å². The molecule has 0 saturated heterocycles. The van der Waals surface area contributed by atoms with E-state index >= 15 is 0 Å². The molecular formula is C15H20F5N. The molecule has 0 heterocycles. The molecule has 2 N–H and O–H groups in total. The molecule has 0 radical (unpaired) electrons. The first-order valence-corrected chi connectivity index (χ1v) is 6.94. The maximum absolute atomic E-state index is 13.6. The van der Waals surface area contributed by atoms with Crippen molar-refractivity contribution in [1.82, 2.24) is 0 Å². The molecule has 0 aliphatic rings. The van der Waals surface area contributed by atoms with Gasteiger partial charge in [-0.2, -0.15) is 22.0 Å². The Morgan fingerprint density at radius 3 is 1.62 bits per heavy atom. The minimum Gasteiger partial charge on any atom is -0.319 e. The molecule has 0 aromatic heterocycles. The fraction of sp³-hybridized carbons (Fsp3) is 0.600. The quantitative estimate of drug-likeness (QED) is 0.792. The van der Waals surface area contributed by atoms with Crippen molar-refractivity contribution in [3.63, 3.8) is 0 Å². The van der Waals surface area contributed by atoms with Gasteiger partial charge in [0.2, 0.25) is 0 Å². The minimum atomic E-state index is -5.66. The fourth-order valence-electron chi connectivity index (χ4n) is 2.40. The molecule has 1 aromatic carbocycles. The molecule has 0 aliphatic carbocycles. The van der Waals surface area contributed by atoms with E-state index < -0.39 is 18.1 Å². The second-order valence-corrected chi connectivity index (χ2v) is 4.99. The normalized spacial score (nSPS) is 14.3. The third kappa shape index (κ3) is 3.36. The largest absolute Gasteiger partial charge is 0.455 e. The predicted octanol–water partition coefficient (Wildman–Crippen LogP) is 4.57. The van der Waals surface area contributed by atoms with Gasteiger partial charge in [-0.25, -0.2) is 0 Å². The fourth-order valence-corrected chi connectivity index (χ4v) is 2.40. The van der Waals surface area contributed by atoms with Gasteiger partial charge in [0.1, 0.15) is 6.04 Å². The lowest BCUT2D eigenvalue weighted by molar-refractivity contribution is -0.291. The van der Waals surface area contributed by atoms with E-state index in [2.05, 4.69) is 0 Å². The zero-order valence-corrected chi connectivity index (χ0v) is 12.3. The van der Waals surface area contributed by atoms with Gasteiger partial charge in [0.25, 0.3) is 0 Å². The molecule has 1 atom stereocenters. The Morgan fingerprint density at radius 2 is 1.33 bits per heavy atom. The van der Waals surface area contributed by atoms with Crippen LogP contribution < -0.4 is 5.73 Å². The van der Waals surface area contributed by atoms with Gasteiger partial charge in [-0.05, 0) is 41.5 Å². The number of aryl methyl sites for hydroxylation is 3. The van der Waals surface area contributed by atoms with Crippen molar-refractivity contribution in [3.05, 3.63) is 34.4 Å². The van der Waals surface area contributed by atoms with E-state index in [-0.39, 0.29) is 5.56 Å². The van der Waals surface area contributed by atoms with Crippen molar-refractivity contribution in [2.75, 3.05) is 0 Å². The molecule has 1 nitrogen and oxygen atoms in total. The van der Waals surface area contributed by atoms with Crippen LogP contribution in [0.15, 0.2) is 12.1 Å². The van der Waals surface area contributed by atoms with Gasteiger partial charge >= 0.3 is 12.1 Å². The van der Waals surface area contributed by atoms with E-state index in [1.165, 1.54) is 0 Å².